The lowest BCUT2D eigenvalue weighted by atomic mass is 10.1. The van der Waals surface area contributed by atoms with Gasteiger partial charge in [-0.05, 0) is 45.2 Å². The van der Waals surface area contributed by atoms with Crippen molar-refractivity contribution in [3.05, 3.63) is 0 Å². The van der Waals surface area contributed by atoms with E-state index in [4.69, 9.17) is 10.8 Å². The minimum atomic E-state index is -1.21. The summed E-state index contributed by atoms with van der Waals surface area (Å²) in [6.45, 7) is 0.856. The zero-order valence-corrected chi connectivity index (χ0v) is 16.1. The number of hydrogen-bond acceptors (Lipinski definition) is 7. The lowest BCUT2D eigenvalue weighted by Gasteiger charge is -2.21. The lowest BCUT2D eigenvalue weighted by Crippen LogP contribution is -2.53. The summed E-state index contributed by atoms with van der Waals surface area (Å²) in [6.07, 6.45) is 3.38. The first kappa shape index (κ1) is 23.2. The van der Waals surface area contributed by atoms with Crippen molar-refractivity contribution in [2.75, 3.05) is 25.4 Å². The van der Waals surface area contributed by atoms with Gasteiger partial charge >= 0.3 is 5.97 Å². The molecule has 0 spiro atoms. The summed E-state index contributed by atoms with van der Waals surface area (Å²) in [7, 11) is 0. The Labute approximate surface area is 163 Å². The van der Waals surface area contributed by atoms with Gasteiger partial charge in [0, 0.05) is 5.75 Å². The highest BCUT2D eigenvalue weighted by molar-refractivity contribution is 7.80. The normalized spacial score (nSPS) is 18.4. The van der Waals surface area contributed by atoms with E-state index in [0.29, 0.717) is 32.2 Å². The van der Waals surface area contributed by atoms with Crippen LogP contribution in [0.3, 0.4) is 0 Å². The molecule has 154 valence electrons. The molecular weight excluding hydrogens is 374 g/mol. The quantitative estimate of drug-likeness (QED) is 0.146. The molecule has 0 bridgehead atoms. The molecule has 0 aliphatic carbocycles. The SMILES string of the molecule is NCCCCC(NC(=O)C1CCCN1)C(=O)NCC(=O)NC(CS)C(=O)O. The summed E-state index contributed by atoms with van der Waals surface area (Å²) in [4.78, 5) is 47.3. The second-order valence-electron chi connectivity index (χ2n) is 6.35. The Balaban J connectivity index is 2.54. The fourth-order valence-electron chi connectivity index (χ4n) is 2.66. The number of nitrogens with two attached hydrogens (primary N) is 1. The molecule has 0 saturated carbocycles. The third-order valence-corrected chi connectivity index (χ3v) is 4.56. The van der Waals surface area contributed by atoms with Crippen LogP contribution in [0.4, 0.5) is 0 Å². The number of aliphatic carboxylic acids is 1. The Morgan fingerprint density at radius 2 is 1.93 bits per heavy atom. The van der Waals surface area contributed by atoms with Crippen molar-refractivity contribution >= 4 is 36.3 Å². The van der Waals surface area contributed by atoms with Crippen molar-refractivity contribution in [3.63, 3.8) is 0 Å². The van der Waals surface area contributed by atoms with Crippen LogP contribution < -0.4 is 27.0 Å². The van der Waals surface area contributed by atoms with Gasteiger partial charge in [0.1, 0.15) is 12.1 Å². The predicted octanol–water partition coefficient (Wildman–Crippen LogP) is -2.03. The number of nitrogens with one attached hydrogen (secondary N) is 4. The van der Waals surface area contributed by atoms with E-state index in [1.165, 1.54) is 0 Å². The van der Waals surface area contributed by atoms with Crippen molar-refractivity contribution in [2.45, 2.75) is 50.2 Å². The Kier molecular flexibility index (Phi) is 10.8. The van der Waals surface area contributed by atoms with E-state index < -0.39 is 29.9 Å². The molecule has 0 radical (unpaired) electrons. The first-order chi connectivity index (χ1) is 12.9. The first-order valence-electron chi connectivity index (χ1n) is 9.03. The third-order valence-electron chi connectivity index (χ3n) is 4.20. The summed E-state index contributed by atoms with van der Waals surface area (Å²) in [5, 5.41) is 19.4. The Morgan fingerprint density at radius 3 is 2.48 bits per heavy atom. The summed E-state index contributed by atoms with van der Waals surface area (Å²) in [6, 6.07) is -2.23. The molecule has 0 aromatic carbocycles. The van der Waals surface area contributed by atoms with Gasteiger partial charge in [-0.25, -0.2) is 4.79 Å². The molecule has 1 saturated heterocycles. The Hall–Kier alpha value is -1.85. The van der Waals surface area contributed by atoms with Gasteiger partial charge in [0.2, 0.25) is 17.7 Å². The van der Waals surface area contributed by atoms with E-state index in [9.17, 15) is 19.2 Å². The smallest absolute Gasteiger partial charge is 0.327 e. The number of unbranched alkanes of at least 4 members (excludes halogenated alkanes) is 1. The number of carboxylic acids is 1. The van der Waals surface area contributed by atoms with Crippen molar-refractivity contribution < 1.29 is 24.3 Å². The fraction of sp³-hybridized carbons (Fsp3) is 0.750. The standard InChI is InChI=1S/C16H29N5O5S/c17-6-2-1-4-11(21-15(24)10-5-3-7-18-10)14(23)19-8-13(22)20-12(9-27)16(25)26/h10-12,18,27H,1-9,17H2,(H,19,23)(H,20,22)(H,21,24)(H,25,26). The Bertz CT molecular complexity index is 527. The number of hydrogen-bond donors (Lipinski definition) is 7. The lowest BCUT2D eigenvalue weighted by molar-refractivity contribution is -0.141. The molecule has 7 N–H and O–H groups in total. The van der Waals surface area contributed by atoms with E-state index in [1.807, 2.05) is 0 Å². The van der Waals surface area contributed by atoms with Crippen LogP contribution in [-0.2, 0) is 19.2 Å². The molecule has 1 aliphatic rings. The molecule has 11 heteroatoms. The van der Waals surface area contributed by atoms with E-state index in [0.717, 1.165) is 13.0 Å². The summed E-state index contributed by atoms with van der Waals surface area (Å²) >= 11 is 3.85. The highest BCUT2D eigenvalue weighted by atomic mass is 32.1. The summed E-state index contributed by atoms with van der Waals surface area (Å²) < 4.78 is 0. The van der Waals surface area contributed by atoms with Gasteiger partial charge < -0.3 is 32.1 Å². The zero-order valence-electron chi connectivity index (χ0n) is 15.2. The number of carbonyl (C=O) groups is 4. The molecule has 10 nitrogen and oxygen atoms in total. The number of thiol groups is 1. The van der Waals surface area contributed by atoms with Crippen molar-refractivity contribution in [1.82, 2.24) is 21.3 Å². The maximum Gasteiger partial charge on any atom is 0.327 e. The van der Waals surface area contributed by atoms with Gasteiger partial charge in [-0.2, -0.15) is 12.6 Å². The van der Waals surface area contributed by atoms with Gasteiger partial charge in [0.05, 0.1) is 12.6 Å². The van der Waals surface area contributed by atoms with Crippen LogP contribution in [0.25, 0.3) is 0 Å². The second-order valence-corrected chi connectivity index (χ2v) is 6.72. The first-order valence-corrected chi connectivity index (χ1v) is 9.66. The van der Waals surface area contributed by atoms with E-state index in [1.54, 1.807) is 0 Å². The monoisotopic (exact) mass is 403 g/mol. The molecule has 0 aromatic rings. The van der Waals surface area contributed by atoms with Crippen molar-refractivity contribution in [2.24, 2.45) is 5.73 Å². The van der Waals surface area contributed by atoms with E-state index in [-0.39, 0.29) is 24.2 Å². The minimum absolute atomic E-state index is 0.0683. The van der Waals surface area contributed by atoms with Crippen LogP contribution in [-0.4, -0.2) is 72.3 Å². The largest absolute Gasteiger partial charge is 0.480 e. The fourth-order valence-corrected chi connectivity index (χ4v) is 2.91. The molecule has 3 amide bonds. The maximum atomic E-state index is 12.4. The van der Waals surface area contributed by atoms with E-state index in [2.05, 4.69) is 33.9 Å². The Morgan fingerprint density at radius 1 is 1.19 bits per heavy atom. The summed E-state index contributed by atoms with van der Waals surface area (Å²) in [5.74, 6) is -2.66. The van der Waals surface area contributed by atoms with Crippen LogP contribution >= 0.6 is 12.6 Å². The highest BCUT2D eigenvalue weighted by Gasteiger charge is 2.27. The van der Waals surface area contributed by atoms with Gasteiger partial charge in [-0.15, -0.1) is 0 Å². The van der Waals surface area contributed by atoms with Crippen LogP contribution in [0.2, 0.25) is 0 Å². The second kappa shape index (κ2) is 12.5. The topological polar surface area (TPSA) is 163 Å². The summed E-state index contributed by atoms with van der Waals surface area (Å²) in [5.41, 5.74) is 5.47. The van der Waals surface area contributed by atoms with E-state index >= 15 is 0 Å². The minimum Gasteiger partial charge on any atom is -0.480 e. The average Bonchev–Trinajstić information content (AvgIpc) is 3.18. The van der Waals surface area contributed by atoms with Crippen LogP contribution in [0.1, 0.15) is 32.1 Å². The van der Waals surface area contributed by atoms with Crippen LogP contribution in [0.15, 0.2) is 0 Å². The zero-order chi connectivity index (χ0) is 20.2. The molecule has 27 heavy (non-hydrogen) atoms. The molecule has 1 fully saturated rings. The number of carbonyl (C=O) groups excluding carboxylic acids is 3. The number of amides is 3. The van der Waals surface area contributed by atoms with Gasteiger partial charge in [-0.3, -0.25) is 14.4 Å². The predicted molar refractivity (Wildman–Crippen MR) is 102 cm³/mol. The molecule has 0 aromatic heterocycles. The van der Waals surface area contributed by atoms with Crippen LogP contribution in [0, 0.1) is 0 Å². The van der Waals surface area contributed by atoms with Crippen molar-refractivity contribution in [1.29, 1.82) is 0 Å². The average molecular weight is 404 g/mol. The van der Waals surface area contributed by atoms with Crippen molar-refractivity contribution in [3.8, 4) is 0 Å². The third kappa shape index (κ3) is 8.59. The maximum absolute atomic E-state index is 12.4. The molecule has 1 heterocycles. The molecule has 1 aliphatic heterocycles. The number of rotatable bonds is 12. The molecular formula is C16H29N5O5S. The van der Waals surface area contributed by atoms with Gasteiger partial charge in [0.25, 0.3) is 0 Å². The molecule has 3 atom stereocenters. The number of carboxylic acid groups (broad SMARTS) is 1. The molecule has 3 unspecified atom stereocenters. The van der Waals surface area contributed by atoms with Gasteiger partial charge in [0.15, 0.2) is 0 Å². The molecule has 1 rings (SSSR count). The highest BCUT2D eigenvalue weighted by Crippen LogP contribution is 2.07. The van der Waals surface area contributed by atoms with Crippen LogP contribution in [0.5, 0.6) is 0 Å². The van der Waals surface area contributed by atoms with Gasteiger partial charge in [-0.1, -0.05) is 0 Å².